The minimum Gasteiger partial charge on any atom is -0.380 e. The van der Waals surface area contributed by atoms with Gasteiger partial charge in [-0.3, -0.25) is 0 Å². The molecule has 1 heterocycles. The van der Waals surface area contributed by atoms with Gasteiger partial charge in [0.05, 0.1) is 6.61 Å². The second-order valence-electron chi connectivity index (χ2n) is 4.54. The number of unbranched alkanes of at least 4 members (excludes halogenated alkanes) is 1. The van der Waals surface area contributed by atoms with Gasteiger partial charge in [0.2, 0.25) is 0 Å². The average molecular weight is 231 g/mol. The summed E-state index contributed by atoms with van der Waals surface area (Å²) in [6.07, 6.45) is 4.50. The second kappa shape index (κ2) is 5.87. The fourth-order valence-corrected chi connectivity index (χ4v) is 2.03. The molecule has 0 aliphatic rings. The molecule has 17 heavy (non-hydrogen) atoms. The van der Waals surface area contributed by atoms with Crippen LogP contribution in [0, 0.1) is 6.92 Å². The van der Waals surface area contributed by atoms with Gasteiger partial charge in [-0.2, -0.15) is 0 Å². The maximum absolute atomic E-state index is 5.60. The number of hydrogen-bond donors (Lipinski definition) is 0. The van der Waals surface area contributed by atoms with Crippen molar-refractivity contribution in [2.45, 2.75) is 33.2 Å². The van der Waals surface area contributed by atoms with Crippen LogP contribution in [0.5, 0.6) is 0 Å². The molecule has 0 saturated carbocycles. The molecule has 0 N–H and O–H groups in total. The molecule has 0 radical (unpaired) electrons. The Bertz CT molecular complexity index is 473. The maximum atomic E-state index is 5.60. The zero-order valence-electron chi connectivity index (χ0n) is 10.8. The number of aryl methyl sites for hydroxylation is 1. The van der Waals surface area contributed by atoms with E-state index in [1.54, 1.807) is 0 Å². The molecule has 0 saturated heterocycles. The Morgan fingerprint density at radius 3 is 2.88 bits per heavy atom. The summed E-state index contributed by atoms with van der Waals surface area (Å²) in [5, 5.41) is 1.32. The molecular weight excluding hydrogens is 210 g/mol. The van der Waals surface area contributed by atoms with Crippen LogP contribution in [-0.2, 0) is 11.3 Å². The van der Waals surface area contributed by atoms with Gasteiger partial charge in [-0.1, -0.05) is 25.0 Å². The molecule has 0 spiro atoms. The minimum atomic E-state index is 0.803. The minimum absolute atomic E-state index is 0.803. The third-order valence-electron chi connectivity index (χ3n) is 3.05. The summed E-state index contributed by atoms with van der Waals surface area (Å²) >= 11 is 0. The SMILES string of the molecule is CCCCOCCn1ccc2cc(C)ccc21. The Kier molecular flexibility index (Phi) is 4.21. The van der Waals surface area contributed by atoms with Gasteiger partial charge in [-0.25, -0.2) is 0 Å². The van der Waals surface area contributed by atoms with Crippen molar-refractivity contribution in [3.05, 3.63) is 36.0 Å². The number of hydrogen-bond acceptors (Lipinski definition) is 1. The van der Waals surface area contributed by atoms with Crippen molar-refractivity contribution < 1.29 is 4.74 Å². The van der Waals surface area contributed by atoms with Gasteiger partial charge in [-0.05, 0) is 36.9 Å². The van der Waals surface area contributed by atoms with Crippen LogP contribution in [-0.4, -0.2) is 17.8 Å². The summed E-state index contributed by atoms with van der Waals surface area (Å²) in [5.41, 5.74) is 2.61. The van der Waals surface area contributed by atoms with E-state index in [4.69, 9.17) is 4.74 Å². The van der Waals surface area contributed by atoms with Crippen LogP contribution in [0.25, 0.3) is 10.9 Å². The van der Waals surface area contributed by atoms with Gasteiger partial charge in [0.1, 0.15) is 0 Å². The molecule has 1 aromatic carbocycles. The van der Waals surface area contributed by atoms with Crippen LogP contribution in [0.4, 0.5) is 0 Å². The monoisotopic (exact) mass is 231 g/mol. The highest BCUT2D eigenvalue weighted by atomic mass is 16.5. The van der Waals surface area contributed by atoms with E-state index < -0.39 is 0 Å². The summed E-state index contributed by atoms with van der Waals surface area (Å²) < 4.78 is 7.86. The third-order valence-corrected chi connectivity index (χ3v) is 3.05. The number of aromatic nitrogens is 1. The average Bonchev–Trinajstić information content (AvgIpc) is 2.71. The molecule has 2 heteroatoms. The number of nitrogens with zero attached hydrogens (tertiary/aromatic N) is 1. The highest BCUT2D eigenvalue weighted by Crippen LogP contribution is 2.17. The van der Waals surface area contributed by atoms with Crippen LogP contribution in [0.15, 0.2) is 30.5 Å². The predicted octanol–water partition coefficient (Wildman–Crippen LogP) is 3.77. The first-order valence-electron chi connectivity index (χ1n) is 6.44. The van der Waals surface area contributed by atoms with Gasteiger partial charge in [0.25, 0.3) is 0 Å². The Labute approximate surface area is 103 Å². The first kappa shape index (κ1) is 12.2. The smallest absolute Gasteiger partial charge is 0.0645 e. The van der Waals surface area contributed by atoms with Gasteiger partial charge in [0, 0.05) is 24.9 Å². The van der Waals surface area contributed by atoms with Crippen molar-refractivity contribution in [1.29, 1.82) is 0 Å². The van der Waals surface area contributed by atoms with E-state index >= 15 is 0 Å². The summed E-state index contributed by atoms with van der Waals surface area (Å²) in [4.78, 5) is 0. The Morgan fingerprint density at radius 2 is 2.06 bits per heavy atom. The quantitative estimate of drug-likeness (QED) is 0.690. The van der Waals surface area contributed by atoms with Gasteiger partial charge in [-0.15, -0.1) is 0 Å². The summed E-state index contributed by atoms with van der Waals surface area (Å²) in [6.45, 7) is 6.94. The Morgan fingerprint density at radius 1 is 1.18 bits per heavy atom. The number of benzene rings is 1. The molecule has 0 fully saturated rings. The molecule has 1 aromatic heterocycles. The van der Waals surface area contributed by atoms with Gasteiger partial charge < -0.3 is 9.30 Å². The standard InChI is InChI=1S/C15H21NO/c1-3-4-10-17-11-9-16-8-7-14-12-13(2)5-6-15(14)16/h5-8,12H,3-4,9-11H2,1-2H3. The molecular formula is C15H21NO. The van der Waals surface area contributed by atoms with E-state index in [0.717, 1.165) is 26.2 Å². The van der Waals surface area contributed by atoms with Crippen LogP contribution in [0.2, 0.25) is 0 Å². The lowest BCUT2D eigenvalue weighted by Gasteiger charge is -2.06. The Hall–Kier alpha value is -1.28. The lowest BCUT2D eigenvalue weighted by atomic mass is 10.2. The van der Waals surface area contributed by atoms with E-state index in [2.05, 4.69) is 48.9 Å². The number of ether oxygens (including phenoxy) is 1. The van der Waals surface area contributed by atoms with Crippen LogP contribution >= 0.6 is 0 Å². The third kappa shape index (κ3) is 3.10. The highest BCUT2D eigenvalue weighted by molar-refractivity contribution is 5.80. The fourth-order valence-electron chi connectivity index (χ4n) is 2.03. The maximum Gasteiger partial charge on any atom is 0.0645 e. The number of rotatable bonds is 6. The topological polar surface area (TPSA) is 14.2 Å². The van der Waals surface area contributed by atoms with Gasteiger partial charge in [0.15, 0.2) is 0 Å². The first-order valence-corrected chi connectivity index (χ1v) is 6.44. The van der Waals surface area contributed by atoms with E-state index in [0.29, 0.717) is 0 Å². The zero-order chi connectivity index (χ0) is 12.1. The van der Waals surface area contributed by atoms with Crippen molar-refractivity contribution in [2.75, 3.05) is 13.2 Å². The molecule has 2 aromatic rings. The highest BCUT2D eigenvalue weighted by Gasteiger charge is 2.00. The molecule has 0 amide bonds. The number of fused-ring (bicyclic) bond motifs is 1. The molecule has 92 valence electrons. The van der Waals surface area contributed by atoms with E-state index in [9.17, 15) is 0 Å². The van der Waals surface area contributed by atoms with Crippen molar-refractivity contribution in [3.63, 3.8) is 0 Å². The normalized spacial score (nSPS) is 11.2. The fraction of sp³-hybridized carbons (Fsp3) is 0.467. The summed E-state index contributed by atoms with van der Waals surface area (Å²) in [7, 11) is 0. The van der Waals surface area contributed by atoms with Crippen molar-refractivity contribution in [2.24, 2.45) is 0 Å². The lowest BCUT2D eigenvalue weighted by Crippen LogP contribution is -2.05. The van der Waals surface area contributed by atoms with Crippen molar-refractivity contribution >= 4 is 10.9 Å². The van der Waals surface area contributed by atoms with Gasteiger partial charge >= 0.3 is 0 Å². The zero-order valence-corrected chi connectivity index (χ0v) is 10.8. The largest absolute Gasteiger partial charge is 0.380 e. The van der Waals surface area contributed by atoms with E-state index in [1.165, 1.54) is 22.9 Å². The van der Waals surface area contributed by atoms with Crippen LogP contribution in [0.3, 0.4) is 0 Å². The molecule has 2 rings (SSSR count). The molecule has 2 nitrogen and oxygen atoms in total. The van der Waals surface area contributed by atoms with E-state index in [-0.39, 0.29) is 0 Å². The van der Waals surface area contributed by atoms with Crippen molar-refractivity contribution in [1.82, 2.24) is 4.57 Å². The van der Waals surface area contributed by atoms with E-state index in [1.807, 2.05) is 0 Å². The first-order chi connectivity index (χ1) is 8.31. The molecule has 0 bridgehead atoms. The molecule has 0 aliphatic heterocycles. The molecule has 0 atom stereocenters. The lowest BCUT2D eigenvalue weighted by molar-refractivity contribution is 0.124. The summed E-state index contributed by atoms with van der Waals surface area (Å²) in [6, 6.07) is 8.76. The summed E-state index contributed by atoms with van der Waals surface area (Å²) in [5.74, 6) is 0. The van der Waals surface area contributed by atoms with Crippen LogP contribution < -0.4 is 0 Å². The Balaban J connectivity index is 1.95. The molecule has 0 aliphatic carbocycles. The molecule has 0 unspecified atom stereocenters. The van der Waals surface area contributed by atoms with Crippen molar-refractivity contribution in [3.8, 4) is 0 Å². The predicted molar refractivity (Wildman–Crippen MR) is 72.4 cm³/mol. The van der Waals surface area contributed by atoms with Crippen LogP contribution in [0.1, 0.15) is 25.3 Å². The second-order valence-corrected chi connectivity index (χ2v) is 4.54.